The van der Waals surface area contributed by atoms with Crippen LogP contribution in [0.1, 0.15) is 17.3 Å². The van der Waals surface area contributed by atoms with Gasteiger partial charge in [0.25, 0.3) is 5.91 Å². The molecule has 0 bridgehead atoms. The number of para-hydroxylation sites is 1. The lowest BCUT2D eigenvalue weighted by atomic mass is 10.1. The SMILES string of the molecule is CC(=O)Nc1ccccc1C(=O)Nc1ccncn1. The number of nitrogens with one attached hydrogen (secondary N) is 2. The van der Waals surface area contributed by atoms with Crippen molar-refractivity contribution in [3.8, 4) is 0 Å². The molecule has 6 nitrogen and oxygen atoms in total. The number of nitrogens with zero attached hydrogens (tertiary/aromatic N) is 2. The summed E-state index contributed by atoms with van der Waals surface area (Å²) in [5.41, 5.74) is 0.831. The molecule has 2 N–H and O–H groups in total. The Kier molecular flexibility index (Phi) is 3.82. The summed E-state index contributed by atoms with van der Waals surface area (Å²) in [6.45, 7) is 1.39. The Morgan fingerprint density at radius 1 is 1.11 bits per heavy atom. The molecule has 0 unspecified atom stereocenters. The minimum absolute atomic E-state index is 0.234. The monoisotopic (exact) mass is 256 g/mol. The van der Waals surface area contributed by atoms with Gasteiger partial charge in [-0.3, -0.25) is 9.59 Å². The highest BCUT2D eigenvalue weighted by Gasteiger charge is 2.12. The first-order valence-electron chi connectivity index (χ1n) is 5.61. The van der Waals surface area contributed by atoms with Gasteiger partial charge in [-0.25, -0.2) is 9.97 Å². The molecule has 0 radical (unpaired) electrons. The van der Waals surface area contributed by atoms with Crippen LogP contribution in [0.4, 0.5) is 11.5 Å². The van der Waals surface area contributed by atoms with Crippen molar-refractivity contribution in [3.63, 3.8) is 0 Å². The summed E-state index contributed by atoms with van der Waals surface area (Å²) in [7, 11) is 0. The third kappa shape index (κ3) is 3.35. The second kappa shape index (κ2) is 5.72. The van der Waals surface area contributed by atoms with Crippen LogP contribution in [0.15, 0.2) is 42.9 Å². The fourth-order valence-corrected chi connectivity index (χ4v) is 1.53. The van der Waals surface area contributed by atoms with E-state index >= 15 is 0 Å². The van der Waals surface area contributed by atoms with Gasteiger partial charge < -0.3 is 10.6 Å². The molecule has 0 fully saturated rings. The summed E-state index contributed by atoms with van der Waals surface area (Å²) in [6.07, 6.45) is 2.87. The molecule has 1 aromatic heterocycles. The van der Waals surface area contributed by atoms with E-state index in [1.165, 1.54) is 19.4 Å². The highest BCUT2D eigenvalue weighted by atomic mass is 16.2. The van der Waals surface area contributed by atoms with E-state index in [1.54, 1.807) is 30.3 Å². The summed E-state index contributed by atoms with van der Waals surface area (Å²) in [4.78, 5) is 30.8. The molecule has 0 spiro atoms. The lowest BCUT2D eigenvalue weighted by Crippen LogP contribution is -2.17. The fraction of sp³-hybridized carbons (Fsp3) is 0.0769. The first kappa shape index (κ1) is 12.7. The van der Waals surface area contributed by atoms with Crippen LogP contribution < -0.4 is 10.6 Å². The van der Waals surface area contributed by atoms with E-state index in [0.29, 0.717) is 17.1 Å². The maximum absolute atomic E-state index is 12.1. The minimum atomic E-state index is -0.344. The summed E-state index contributed by atoms with van der Waals surface area (Å²) in [5.74, 6) is -0.178. The Labute approximate surface area is 109 Å². The molecule has 0 saturated carbocycles. The molecule has 0 aliphatic carbocycles. The van der Waals surface area contributed by atoms with Crippen LogP contribution in [-0.2, 0) is 4.79 Å². The van der Waals surface area contributed by atoms with Gasteiger partial charge in [0.05, 0.1) is 11.3 Å². The van der Waals surface area contributed by atoms with Gasteiger partial charge in [-0.05, 0) is 18.2 Å². The summed E-state index contributed by atoms with van der Waals surface area (Å²) in [6, 6.07) is 8.34. The summed E-state index contributed by atoms with van der Waals surface area (Å²) < 4.78 is 0. The summed E-state index contributed by atoms with van der Waals surface area (Å²) >= 11 is 0. The molecule has 0 saturated heterocycles. The Hall–Kier alpha value is -2.76. The molecule has 2 rings (SSSR count). The zero-order valence-corrected chi connectivity index (χ0v) is 10.3. The predicted molar refractivity (Wildman–Crippen MR) is 70.7 cm³/mol. The van der Waals surface area contributed by atoms with Crippen LogP contribution >= 0.6 is 0 Å². The maximum Gasteiger partial charge on any atom is 0.258 e. The molecule has 0 aliphatic heterocycles. The maximum atomic E-state index is 12.1. The number of rotatable bonds is 3. The van der Waals surface area contributed by atoms with Crippen LogP contribution in [0.3, 0.4) is 0 Å². The van der Waals surface area contributed by atoms with Gasteiger partial charge in [0.1, 0.15) is 12.1 Å². The Morgan fingerprint density at radius 2 is 1.89 bits per heavy atom. The van der Waals surface area contributed by atoms with E-state index in [2.05, 4.69) is 20.6 Å². The highest BCUT2D eigenvalue weighted by Crippen LogP contribution is 2.16. The van der Waals surface area contributed by atoms with Gasteiger partial charge in [0, 0.05) is 13.1 Å². The lowest BCUT2D eigenvalue weighted by Gasteiger charge is -2.09. The largest absolute Gasteiger partial charge is 0.326 e. The Bertz CT molecular complexity index is 599. The van der Waals surface area contributed by atoms with Gasteiger partial charge in [-0.15, -0.1) is 0 Å². The summed E-state index contributed by atoms with van der Waals surface area (Å²) in [5, 5.41) is 5.24. The van der Waals surface area contributed by atoms with Crippen molar-refractivity contribution in [2.24, 2.45) is 0 Å². The first-order chi connectivity index (χ1) is 9.16. The molecule has 1 aromatic carbocycles. The average molecular weight is 256 g/mol. The topological polar surface area (TPSA) is 84.0 Å². The van der Waals surface area contributed by atoms with Gasteiger partial charge in [0.2, 0.25) is 5.91 Å². The van der Waals surface area contributed by atoms with Gasteiger partial charge in [-0.1, -0.05) is 12.1 Å². The normalized spacial score (nSPS) is 9.74. The Morgan fingerprint density at radius 3 is 2.58 bits per heavy atom. The van der Waals surface area contributed by atoms with Gasteiger partial charge in [-0.2, -0.15) is 0 Å². The van der Waals surface area contributed by atoms with E-state index < -0.39 is 0 Å². The third-order valence-corrected chi connectivity index (χ3v) is 2.31. The number of carbonyl (C=O) groups excluding carboxylic acids is 2. The third-order valence-electron chi connectivity index (χ3n) is 2.31. The average Bonchev–Trinajstić information content (AvgIpc) is 2.39. The van der Waals surface area contributed by atoms with Crippen molar-refractivity contribution in [2.45, 2.75) is 6.92 Å². The zero-order chi connectivity index (χ0) is 13.7. The van der Waals surface area contributed by atoms with Crippen molar-refractivity contribution in [2.75, 3.05) is 10.6 Å². The molecule has 0 atom stereocenters. The number of benzene rings is 1. The molecule has 19 heavy (non-hydrogen) atoms. The number of amides is 2. The quantitative estimate of drug-likeness (QED) is 0.875. The molecular formula is C13H12N4O2. The molecule has 0 aliphatic rings. The zero-order valence-electron chi connectivity index (χ0n) is 10.3. The van der Waals surface area contributed by atoms with Gasteiger partial charge in [0.15, 0.2) is 0 Å². The molecule has 1 heterocycles. The van der Waals surface area contributed by atoms with Gasteiger partial charge >= 0.3 is 0 Å². The Balaban J connectivity index is 2.21. The highest BCUT2D eigenvalue weighted by molar-refractivity contribution is 6.09. The van der Waals surface area contributed by atoms with E-state index in [9.17, 15) is 9.59 Å². The van der Waals surface area contributed by atoms with Crippen LogP contribution in [0, 0.1) is 0 Å². The van der Waals surface area contributed by atoms with Crippen molar-refractivity contribution in [3.05, 3.63) is 48.4 Å². The number of hydrogen-bond donors (Lipinski definition) is 2. The molecule has 6 heteroatoms. The minimum Gasteiger partial charge on any atom is -0.326 e. The number of aromatic nitrogens is 2. The molecule has 2 aromatic rings. The first-order valence-corrected chi connectivity index (χ1v) is 5.61. The van der Waals surface area contributed by atoms with E-state index in [1.807, 2.05) is 0 Å². The van der Waals surface area contributed by atoms with E-state index in [-0.39, 0.29) is 11.8 Å². The van der Waals surface area contributed by atoms with Crippen molar-refractivity contribution >= 4 is 23.3 Å². The molecule has 2 amide bonds. The van der Waals surface area contributed by atoms with Crippen LogP contribution in [0.25, 0.3) is 0 Å². The van der Waals surface area contributed by atoms with Crippen molar-refractivity contribution in [1.82, 2.24) is 9.97 Å². The van der Waals surface area contributed by atoms with E-state index in [0.717, 1.165) is 0 Å². The lowest BCUT2D eigenvalue weighted by molar-refractivity contribution is -0.114. The van der Waals surface area contributed by atoms with Crippen LogP contribution in [0.2, 0.25) is 0 Å². The second-order valence-corrected chi connectivity index (χ2v) is 3.78. The smallest absolute Gasteiger partial charge is 0.258 e. The number of hydrogen-bond acceptors (Lipinski definition) is 4. The van der Waals surface area contributed by atoms with Crippen LogP contribution in [-0.4, -0.2) is 21.8 Å². The predicted octanol–water partition coefficient (Wildman–Crippen LogP) is 1.69. The van der Waals surface area contributed by atoms with E-state index in [4.69, 9.17) is 0 Å². The fourth-order valence-electron chi connectivity index (χ4n) is 1.53. The van der Waals surface area contributed by atoms with Crippen molar-refractivity contribution in [1.29, 1.82) is 0 Å². The molecular weight excluding hydrogens is 244 g/mol. The standard InChI is InChI=1S/C13H12N4O2/c1-9(18)16-11-5-3-2-4-10(11)13(19)17-12-6-7-14-8-15-12/h2-8H,1H3,(H,16,18)(H,14,15,17,19). The van der Waals surface area contributed by atoms with Crippen molar-refractivity contribution < 1.29 is 9.59 Å². The number of anilines is 2. The number of carbonyl (C=O) groups is 2. The molecule has 96 valence electrons. The second-order valence-electron chi connectivity index (χ2n) is 3.78. The van der Waals surface area contributed by atoms with Crippen LogP contribution in [0.5, 0.6) is 0 Å².